The lowest BCUT2D eigenvalue weighted by atomic mass is 9.86. The van der Waals surface area contributed by atoms with Crippen LogP contribution in [0.1, 0.15) is 20.9 Å². The standard InChI is InChI=1S/C24H13Cl2FN2O2S2/c25-21-5-3-19(32-21)24(20-4-6-22(26)33-20)17-10-14(1-2-18(17)29-23(30)12-31-24)15-7-13(11-28)8-16(27)9-15/h1-10H,12H2,(H,29,30). The number of nitrogens with zero attached hydrogens (tertiary/aromatic N) is 1. The smallest absolute Gasteiger partial charge is 0.250 e. The Kier molecular flexibility index (Phi) is 5.73. The van der Waals surface area contributed by atoms with E-state index in [1.54, 1.807) is 30.3 Å². The molecule has 1 aliphatic heterocycles. The number of nitrogens with one attached hydrogen (secondary N) is 1. The van der Waals surface area contributed by atoms with Gasteiger partial charge < -0.3 is 10.1 Å². The monoisotopic (exact) mass is 514 g/mol. The van der Waals surface area contributed by atoms with Gasteiger partial charge in [0.2, 0.25) is 5.91 Å². The average Bonchev–Trinajstić information content (AvgIpc) is 3.40. The molecule has 0 saturated carbocycles. The van der Waals surface area contributed by atoms with Crippen LogP contribution in [0, 0.1) is 17.1 Å². The molecule has 9 heteroatoms. The second-order valence-electron chi connectivity index (χ2n) is 7.33. The van der Waals surface area contributed by atoms with Crippen LogP contribution in [0.2, 0.25) is 8.67 Å². The van der Waals surface area contributed by atoms with Gasteiger partial charge in [0.25, 0.3) is 0 Å². The predicted octanol–water partition coefficient (Wildman–Crippen LogP) is 7.05. The first-order valence-corrected chi connectivity index (χ1v) is 12.1. The third kappa shape index (κ3) is 3.95. The Hall–Kier alpha value is -2.73. The van der Waals surface area contributed by atoms with Crippen LogP contribution in [0.25, 0.3) is 11.1 Å². The summed E-state index contributed by atoms with van der Waals surface area (Å²) in [4.78, 5) is 14.1. The highest BCUT2D eigenvalue weighted by Crippen LogP contribution is 2.51. The lowest BCUT2D eigenvalue weighted by Crippen LogP contribution is -2.31. The first-order chi connectivity index (χ1) is 15.9. The quantitative estimate of drug-likeness (QED) is 0.318. The summed E-state index contributed by atoms with van der Waals surface area (Å²) >= 11 is 15.3. The zero-order chi connectivity index (χ0) is 23.2. The van der Waals surface area contributed by atoms with Gasteiger partial charge in [-0.2, -0.15) is 5.26 Å². The van der Waals surface area contributed by atoms with E-state index in [1.165, 1.54) is 34.8 Å². The molecule has 3 heterocycles. The van der Waals surface area contributed by atoms with Crippen molar-refractivity contribution in [3.8, 4) is 17.2 Å². The summed E-state index contributed by atoms with van der Waals surface area (Å²) < 4.78 is 21.7. The molecule has 4 aromatic rings. The Morgan fingerprint density at radius 1 is 0.970 bits per heavy atom. The third-order valence-corrected chi connectivity index (χ3v) is 7.96. The molecule has 33 heavy (non-hydrogen) atoms. The zero-order valence-electron chi connectivity index (χ0n) is 16.7. The fourth-order valence-corrected chi connectivity index (χ4v) is 6.42. The van der Waals surface area contributed by atoms with Crippen LogP contribution >= 0.6 is 45.9 Å². The van der Waals surface area contributed by atoms with Crippen LogP contribution in [-0.4, -0.2) is 12.5 Å². The number of carbonyl (C=O) groups is 1. The Bertz CT molecular complexity index is 1400. The van der Waals surface area contributed by atoms with E-state index in [1.807, 2.05) is 24.3 Å². The number of fused-ring (bicyclic) bond motifs is 1. The van der Waals surface area contributed by atoms with E-state index in [2.05, 4.69) is 5.32 Å². The van der Waals surface area contributed by atoms with Gasteiger partial charge in [-0.25, -0.2) is 4.39 Å². The second-order valence-corrected chi connectivity index (χ2v) is 10.8. The van der Waals surface area contributed by atoms with Gasteiger partial charge in [0.15, 0.2) is 5.60 Å². The largest absolute Gasteiger partial charge is 0.349 e. The zero-order valence-corrected chi connectivity index (χ0v) is 19.8. The minimum Gasteiger partial charge on any atom is -0.349 e. The molecule has 164 valence electrons. The first-order valence-electron chi connectivity index (χ1n) is 9.70. The molecule has 0 atom stereocenters. The normalized spacial score (nSPS) is 14.8. The highest BCUT2D eigenvalue weighted by atomic mass is 35.5. The van der Waals surface area contributed by atoms with Gasteiger partial charge in [0, 0.05) is 21.0 Å². The van der Waals surface area contributed by atoms with E-state index in [0.717, 1.165) is 9.75 Å². The van der Waals surface area contributed by atoms with E-state index in [4.69, 9.17) is 27.9 Å². The molecular weight excluding hydrogens is 502 g/mol. The summed E-state index contributed by atoms with van der Waals surface area (Å²) in [7, 11) is 0. The van der Waals surface area contributed by atoms with Crippen molar-refractivity contribution in [1.82, 2.24) is 0 Å². The van der Waals surface area contributed by atoms with Crippen molar-refractivity contribution >= 4 is 57.5 Å². The number of anilines is 1. The van der Waals surface area contributed by atoms with Gasteiger partial charge in [-0.3, -0.25) is 4.79 Å². The topological polar surface area (TPSA) is 62.1 Å². The third-order valence-electron chi connectivity index (χ3n) is 5.29. The van der Waals surface area contributed by atoms with Crippen LogP contribution in [0.5, 0.6) is 0 Å². The van der Waals surface area contributed by atoms with E-state index in [9.17, 15) is 14.4 Å². The fourth-order valence-electron chi connectivity index (χ4n) is 3.92. The second kappa shape index (κ2) is 8.56. The molecule has 0 saturated heterocycles. The van der Waals surface area contributed by atoms with E-state index in [0.29, 0.717) is 31.1 Å². The number of halogens is 3. The molecule has 0 unspecified atom stereocenters. The molecule has 1 aliphatic rings. The van der Waals surface area contributed by atoms with Gasteiger partial charge in [-0.1, -0.05) is 29.3 Å². The minimum atomic E-state index is -1.16. The molecule has 0 aliphatic carbocycles. The number of thiophene rings is 2. The Balaban J connectivity index is 1.81. The van der Waals surface area contributed by atoms with Crippen molar-refractivity contribution in [2.24, 2.45) is 0 Å². The van der Waals surface area contributed by atoms with Crippen molar-refractivity contribution in [1.29, 1.82) is 5.26 Å². The van der Waals surface area contributed by atoms with Crippen LogP contribution in [0.15, 0.2) is 60.7 Å². The molecule has 0 fully saturated rings. The van der Waals surface area contributed by atoms with Gasteiger partial charge >= 0.3 is 0 Å². The Labute approximate surface area is 206 Å². The van der Waals surface area contributed by atoms with E-state index >= 15 is 0 Å². The fraction of sp³-hybridized carbons (Fsp3) is 0.0833. The van der Waals surface area contributed by atoms with Gasteiger partial charge in [-0.15, -0.1) is 22.7 Å². The number of hydrogen-bond donors (Lipinski definition) is 1. The van der Waals surface area contributed by atoms with Crippen LogP contribution in [0.4, 0.5) is 10.1 Å². The molecule has 0 spiro atoms. The summed E-state index contributed by atoms with van der Waals surface area (Å²) in [5.41, 5.74) is 1.47. The van der Waals surface area contributed by atoms with Crippen molar-refractivity contribution in [3.63, 3.8) is 0 Å². The molecule has 5 rings (SSSR count). The maximum atomic E-state index is 14.2. The number of ether oxygens (including phenoxy) is 1. The number of rotatable bonds is 3. The van der Waals surface area contributed by atoms with Crippen molar-refractivity contribution in [3.05, 3.63) is 96.0 Å². The van der Waals surface area contributed by atoms with Crippen molar-refractivity contribution in [2.45, 2.75) is 5.60 Å². The molecule has 4 nitrogen and oxygen atoms in total. The molecule has 0 bridgehead atoms. The molecule has 2 aromatic heterocycles. The Morgan fingerprint density at radius 2 is 1.67 bits per heavy atom. The number of carbonyl (C=O) groups excluding carboxylic acids is 1. The number of hydrogen-bond acceptors (Lipinski definition) is 5. The first kappa shape index (κ1) is 22.1. The molecule has 1 amide bonds. The molecular formula is C24H13Cl2FN2O2S2. The van der Waals surface area contributed by atoms with Gasteiger partial charge in [-0.05, 0) is 65.7 Å². The SMILES string of the molecule is N#Cc1cc(F)cc(-c2ccc3c(c2)C(c2ccc(Cl)s2)(c2ccc(Cl)s2)OCC(=O)N3)c1. The summed E-state index contributed by atoms with van der Waals surface area (Å²) in [5, 5.41) is 12.2. The molecule has 1 N–H and O–H groups in total. The maximum absolute atomic E-state index is 14.2. The predicted molar refractivity (Wildman–Crippen MR) is 130 cm³/mol. The Morgan fingerprint density at radius 3 is 2.27 bits per heavy atom. The summed E-state index contributed by atoms with van der Waals surface area (Å²) in [5.74, 6) is -0.807. The average molecular weight is 515 g/mol. The minimum absolute atomic E-state index is 0.187. The highest BCUT2D eigenvalue weighted by molar-refractivity contribution is 7.18. The van der Waals surface area contributed by atoms with Gasteiger partial charge in [0.05, 0.1) is 20.3 Å². The summed E-state index contributed by atoms with van der Waals surface area (Å²) in [6, 6.07) is 18.8. The van der Waals surface area contributed by atoms with Crippen molar-refractivity contribution < 1.29 is 13.9 Å². The number of benzene rings is 2. The van der Waals surface area contributed by atoms with Crippen LogP contribution in [0.3, 0.4) is 0 Å². The number of nitriles is 1. The lowest BCUT2D eigenvalue weighted by Gasteiger charge is -2.32. The van der Waals surface area contributed by atoms with Crippen LogP contribution < -0.4 is 5.32 Å². The van der Waals surface area contributed by atoms with Crippen molar-refractivity contribution in [2.75, 3.05) is 11.9 Å². The molecule has 0 radical (unpaired) electrons. The van der Waals surface area contributed by atoms with Gasteiger partial charge in [0.1, 0.15) is 12.4 Å². The highest BCUT2D eigenvalue weighted by Gasteiger charge is 2.44. The van der Waals surface area contributed by atoms with E-state index < -0.39 is 11.4 Å². The summed E-state index contributed by atoms with van der Waals surface area (Å²) in [6.45, 7) is -0.187. The lowest BCUT2D eigenvalue weighted by molar-refractivity contribution is -0.123. The van der Waals surface area contributed by atoms with Crippen LogP contribution in [-0.2, 0) is 15.1 Å². The number of amides is 1. The summed E-state index contributed by atoms with van der Waals surface area (Å²) in [6.07, 6.45) is 0. The molecule has 2 aromatic carbocycles. The van der Waals surface area contributed by atoms with E-state index in [-0.39, 0.29) is 18.1 Å². The maximum Gasteiger partial charge on any atom is 0.250 e.